The van der Waals surface area contributed by atoms with Gasteiger partial charge in [-0.05, 0) is 43.4 Å². The van der Waals surface area contributed by atoms with Gasteiger partial charge < -0.3 is 10.2 Å². The molecular weight excluding hydrogens is 437 g/mol. The molecule has 1 aromatic rings. The van der Waals surface area contributed by atoms with E-state index in [4.69, 9.17) is 0 Å². The van der Waals surface area contributed by atoms with Gasteiger partial charge >= 0.3 is 6.03 Å². The van der Waals surface area contributed by atoms with Crippen molar-refractivity contribution >= 4 is 17.8 Å². The summed E-state index contributed by atoms with van der Waals surface area (Å²) in [6, 6.07) is 5.42. The maximum Gasteiger partial charge on any atom is 0.326 e. The number of likely N-dealkylation sites (tertiary alicyclic amines) is 1. The van der Waals surface area contributed by atoms with E-state index in [-0.39, 0.29) is 24.3 Å². The topological polar surface area (TPSA) is 76.2 Å². The standard InChI is InChI=1S/C25H36FN5O3/c1-2-3-11-25(20-7-9-21(26)10-8-20)23(33)31(24(34)27-25)19-29-16-14-28(15-17-29)18-22(32)30-12-5-4-6-13-30/h7-10H,2-6,11-19H2,1H3,(H,27,34)/t25-/m1/s1. The zero-order valence-corrected chi connectivity index (χ0v) is 20.1. The molecule has 0 bridgehead atoms. The molecule has 0 saturated carbocycles. The number of unbranched alkanes of at least 4 members (excludes halogenated alkanes) is 1. The van der Waals surface area contributed by atoms with Crippen molar-refractivity contribution in [3.8, 4) is 0 Å². The second kappa shape index (κ2) is 10.8. The fourth-order valence-corrected chi connectivity index (χ4v) is 5.16. The third-order valence-electron chi connectivity index (χ3n) is 7.29. The van der Waals surface area contributed by atoms with Crippen LogP contribution in [0.25, 0.3) is 0 Å². The first-order valence-electron chi connectivity index (χ1n) is 12.6. The van der Waals surface area contributed by atoms with E-state index in [1.165, 1.54) is 23.5 Å². The first-order chi connectivity index (χ1) is 16.4. The number of amides is 4. The number of carbonyl (C=O) groups excluding carboxylic acids is 3. The third kappa shape index (κ3) is 5.25. The number of rotatable bonds is 8. The van der Waals surface area contributed by atoms with Crippen molar-refractivity contribution in [3.05, 3.63) is 35.6 Å². The lowest BCUT2D eigenvalue weighted by molar-refractivity contribution is -0.134. The van der Waals surface area contributed by atoms with Crippen molar-refractivity contribution in [3.63, 3.8) is 0 Å². The van der Waals surface area contributed by atoms with E-state index in [1.807, 2.05) is 11.8 Å². The predicted molar refractivity (Wildman–Crippen MR) is 126 cm³/mol. The number of urea groups is 1. The normalized spacial score (nSPS) is 24.5. The van der Waals surface area contributed by atoms with E-state index in [0.717, 1.165) is 51.9 Å². The molecule has 4 amide bonds. The number of hydrogen-bond donors (Lipinski definition) is 1. The minimum absolute atomic E-state index is 0.197. The Morgan fingerprint density at radius 3 is 2.26 bits per heavy atom. The van der Waals surface area contributed by atoms with Gasteiger partial charge in [0, 0.05) is 39.3 Å². The van der Waals surface area contributed by atoms with E-state index in [1.54, 1.807) is 12.1 Å². The molecule has 0 spiro atoms. The first-order valence-corrected chi connectivity index (χ1v) is 12.6. The average Bonchev–Trinajstić information content (AvgIpc) is 3.10. The number of nitrogens with zero attached hydrogens (tertiary/aromatic N) is 4. The molecule has 3 saturated heterocycles. The molecule has 8 nitrogen and oxygen atoms in total. The van der Waals surface area contributed by atoms with Gasteiger partial charge in [-0.15, -0.1) is 0 Å². The highest BCUT2D eigenvalue weighted by atomic mass is 19.1. The van der Waals surface area contributed by atoms with E-state index < -0.39 is 11.6 Å². The summed E-state index contributed by atoms with van der Waals surface area (Å²) in [5.41, 5.74) is -0.534. The summed E-state index contributed by atoms with van der Waals surface area (Å²) in [5.74, 6) is -0.456. The Morgan fingerprint density at radius 2 is 1.62 bits per heavy atom. The van der Waals surface area contributed by atoms with Crippen LogP contribution in [-0.2, 0) is 15.1 Å². The molecule has 4 rings (SSSR count). The van der Waals surface area contributed by atoms with E-state index in [9.17, 15) is 18.8 Å². The summed E-state index contributed by atoms with van der Waals surface area (Å²) >= 11 is 0. The number of nitrogens with one attached hydrogen (secondary N) is 1. The smallest absolute Gasteiger partial charge is 0.326 e. The van der Waals surface area contributed by atoms with E-state index >= 15 is 0 Å². The minimum atomic E-state index is -1.15. The Hall–Kier alpha value is -2.52. The van der Waals surface area contributed by atoms with E-state index in [2.05, 4.69) is 15.1 Å². The summed E-state index contributed by atoms with van der Waals surface area (Å²) in [4.78, 5) is 46.5. The van der Waals surface area contributed by atoms with Gasteiger partial charge in [0.25, 0.3) is 5.91 Å². The van der Waals surface area contributed by atoms with Gasteiger partial charge in [-0.2, -0.15) is 0 Å². The molecule has 0 unspecified atom stereocenters. The molecule has 0 radical (unpaired) electrons. The molecule has 1 N–H and O–H groups in total. The maximum atomic E-state index is 13.5. The maximum absolute atomic E-state index is 13.5. The number of piperazine rings is 1. The van der Waals surface area contributed by atoms with Crippen LogP contribution in [0, 0.1) is 5.82 Å². The highest BCUT2D eigenvalue weighted by Crippen LogP contribution is 2.34. The van der Waals surface area contributed by atoms with Crippen LogP contribution in [0.15, 0.2) is 24.3 Å². The van der Waals surface area contributed by atoms with Crippen molar-refractivity contribution in [2.24, 2.45) is 0 Å². The van der Waals surface area contributed by atoms with Gasteiger partial charge in [-0.3, -0.25) is 19.4 Å². The van der Waals surface area contributed by atoms with Gasteiger partial charge in [0.05, 0.1) is 13.2 Å². The van der Waals surface area contributed by atoms with E-state index in [0.29, 0.717) is 31.6 Å². The Bertz CT molecular complexity index is 881. The van der Waals surface area contributed by atoms with Crippen molar-refractivity contribution in [2.75, 3.05) is 52.5 Å². The van der Waals surface area contributed by atoms with Crippen LogP contribution in [0.4, 0.5) is 9.18 Å². The molecule has 3 aliphatic rings. The number of benzene rings is 1. The molecule has 3 fully saturated rings. The highest BCUT2D eigenvalue weighted by Gasteiger charge is 2.52. The van der Waals surface area contributed by atoms with Gasteiger partial charge in [0.15, 0.2) is 0 Å². The van der Waals surface area contributed by atoms with Crippen LogP contribution in [0.5, 0.6) is 0 Å². The van der Waals surface area contributed by atoms with Crippen LogP contribution in [-0.4, -0.2) is 89.9 Å². The molecule has 34 heavy (non-hydrogen) atoms. The lowest BCUT2D eigenvalue weighted by Gasteiger charge is -2.37. The Labute approximate surface area is 201 Å². The zero-order chi connectivity index (χ0) is 24.1. The van der Waals surface area contributed by atoms with Gasteiger partial charge in [0.1, 0.15) is 11.4 Å². The van der Waals surface area contributed by atoms with Gasteiger partial charge in [-0.25, -0.2) is 14.1 Å². The largest absolute Gasteiger partial charge is 0.342 e. The molecule has 0 aliphatic carbocycles. The van der Waals surface area contributed by atoms with Crippen molar-refractivity contribution < 1.29 is 18.8 Å². The summed E-state index contributed by atoms with van der Waals surface area (Å²) in [6.07, 6.45) is 5.49. The SMILES string of the molecule is CCCC[C@]1(c2ccc(F)cc2)NC(=O)N(CN2CCN(CC(=O)N3CCCCC3)CC2)C1=O. The van der Waals surface area contributed by atoms with Crippen molar-refractivity contribution in [2.45, 2.75) is 51.0 Å². The third-order valence-corrected chi connectivity index (χ3v) is 7.29. The zero-order valence-electron chi connectivity index (χ0n) is 20.1. The fraction of sp³-hybridized carbons (Fsp3) is 0.640. The summed E-state index contributed by atoms with van der Waals surface area (Å²) in [5, 5.41) is 2.93. The number of hydrogen-bond acceptors (Lipinski definition) is 5. The van der Waals surface area contributed by atoms with Crippen LogP contribution in [0.2, 0.25) is 0 Å². The second-order valence-electron chi connectivity index (χ2n) is 9.66. The van der Waals surface area contributed by atoms with Crippen LogP contribution in [0.1, 0.15) is 51.0 Å². The summed E-state index contributed by atoms with van der Waals surface area (Å²) in [6.45, 7) is 7.22. The quantitative estimate of drug-likeness (QED) is 0.587. The van der Waals surface area contributed by atoms with Crippen LogP contribution < -0.4 is 5.32 Å². The number of piperidine rings is 1. The van der Waals surface area contributed by atoms with Crippen molar-refractivity contribution in [1.29, 1.82) is 0 Å². The molecule has 1 aromatic carbocycles. The fourth-order valence-electron chi connectivity index (χ4n) is 5.16. The van der Waals surface area contributed by atoms with Crippen LogP contribution >= 0.6 is 0 Å². The second-order valence-corrected chi connectivity index (χ2v) is 9.66. The Morgan fingerprint density at radius 1 is 0.971 bits per heavy atom. The minimum Gasteiger partial charge on any atom is -0.342 e. The summed E-state index contributed by atoms with van der Waals surface area (Å²) in [7, 11) is 0. The summed E-state index contributed by atoms with van der Waals surface area (Å²) < 4.78 is 13.5. The molecular formula is C25H36FN5O3. The van der Waals surface area contributed by atoms with Crippen LogP contribution in [0.3, 0.4) is 0 Å². The highest BCUT2D eigenvalue weighted by molar-refractivity contribution is 6.07. The first kappa shape index (κ1) is 24.6. The number of imide groups is 1. The molecule has 186 valence electrons. The Kier molecular flexibility index (Phi) is 7.83. The monoisotopic (exact) mass is 473 g/mol. The molecule has 1 atom stereocenters. The average molecular weight is 474 g/mol. The lowest BCUT2D eigenvalue weighted by Crippen LogP contribution is -2.53. The number of halogens is 1. The molecule has 3 heterocycles. The number of carbonyl (C=O) groups is 3. The van der Waals surface area contributed by atoms with Gasteiger partial charge in [0.2, 0.25) is 5.91 Å². The molecule has 9 heteroatoms. The Balaban J connectivity index is 1.35. The van der Waals surface area contributed by atoms with Crippen molar-refractivity contribution in [1.82, 2.24) is 24.9 Å². The molecule has 3 aliphatic heterocycles. The molecule has 0 aromatic heterocycles. The van der Waals surface area contributed by atoms with Gasteiger partial charge in [-0.1, -0.05) is 31.9 Å². The lowest BCUT2D eigenvalue weighted by atomic mass is 9.85. The predicted octanol–water partition coefficient (Wildman–Crippen LogP) is 2.35.